The number of aromatic nitrogens is 2. The number of carbonyl (C=O) groups excluding carboxylic acids is 1. The molecule has 0 spiro atoms. The van der Waals surface area contributed by atoms with Gasteiger partial charge in [0.05, 0.1) is 12.7 Å². The lowest BCUT2D eigenvalue weighted by Crippen LogP contribution is -2.33. The van der Waals surface area contributed by atoms with Crippen molar-refractivity contribution < 1.29 is 14.7 Å². The Morgan fingerprint density at radius 3 is 2.88 bits per heavy atom. The fraction of sp³-hybridized carbons (Fsp3) is 0.400. The maximum absolute atomic E-state index is 11.6. The van der Waals surface area contributed by atoms with Gasteiger partial charge in [0.15, 0.2) is 0 Å². The van der Waals surface area contributed by atoms with E-state index in [0.717, 1.165) is 5.56 Å². The highest BCUT2D eigenvalue weighted by atomic mass is 16.4. The summed E-state index contributed by atoms with van der Waals surface area (Å²) in [6.07, 6.45) is 3.76. The molecule has 1 amide bonds. The summed E-state index contributed by atoms with van der Waals surface area (Å²) in [5.41, 5.74) is 0.838. The van der Waals surface area contributed by atoms with Crippen LogP contribution < -0.4 is 0 Å². The number of carboxylic acids is 1. The van der Waals surface area contributed by atoms with E-state index in [-0.39, 0.29) is 31.0 Å². The molecule has 0 saturated carbocycles. The minimum atomic E-state index is -1.08. The van der Waals surface area contributed by atoms with Crippen LogP contribution in [0.4, 0.5) is 0 Å². The largest absolute Gasteiger partial charge is 0.477 e. The second-order valence-electron chi connectivity index (χ2n) is 3.83. The number of amides is 1. The molecule has 2 rings (SSSR count). The summed E-state index contributed by atoms with van der Waals surface area (Å²) in [6, 6.07) is 0. The Bertz CT molecular complexity index is 491. The first-order valence-corrected chi connectivity index (χ1v) is 5.15. The smallest absolute Gasteiger partial charge is 0.352 e. The Balaban J connectivity index is 2.15. The normalized spacial score (nSPS) is 15.9. The topological polar surface area (TPSA) is 87.8 Å². The van der Waals surface area contributed by atoms with Crippen molar-refractivity contribution >= 4 is 17.6 Å². The number of carboxylic acid groups (broad SMARTS) is 1. The molecule has 7 heteroatoms. The number of aryl methyl sites for hydroxylation is 1. The number of hydrogen-bond donors (Lipinski definition) is 1. The highest BCUT2D eigenvalue weighted by Gasteiger charge is 2.24. The van der Waals surface area contributed by atoms with E-state index in [2.05, 4.69) is 10.2 Å². The van der Waals surface area contributed by atoms with Crippen LogP contribution in [-0.2, 0) is 23.2 Å². The number of aliphatic carboxylic acids is 1. The Kier molecular flexibility index (Phi) is 2.90. The van der Waals surface area contributed by atoms with Gasteiger partial charge in [-0.15, -0.1) is 0 Å². The second kappa shape index (κ2) is 4.36. The Morgan fingerprint density at radius 1 is 1.53 bits per heavy atom. The maximum atomic E-state index is 11.6. The van der Waals surface area contributed by atoms with Gasteiger partial charge in [-0.2, -0.15) is 10.2 Å². The molecule has 0 unspecified atom stereocenters. The van der Waals surface area contributed by atoms with Crippen molar-refractivity contribution in [3.63, 3.8) is 0 Å². The van der Waals surface area contributed by atoms with Crippen molar-refractivity contribution in [2.75, 3.05) is 0 Å². The van der Waals surface area contributed by atoms with E-state index in [1.54, 1.807) is 24.1 Å². The summed E-state index contributed by atoms with van der Waals surface area (Å²) in [5, 5.41) is 17.8. The van der Waals surface area contributed by atoms with Crippen LogP contribution in [0.25, 0.3) is 0 Å². The number of rotatable bonds is 3. The van der Waals surface area contributed by atoms with Crippen LogP contribution in [0.3, 0.4) is 0 Å². The molecule has 0 atom stereocenters. The minimum Gasteiger partial charge on any atom is -0.477 e. The predicted octanol–water partition coefficient (Wildman–Crippen LogP) is -0.0169. The van der Waals surface area contributed by atoms with Gasteiger partial charge in [-0.3, -0.25) is 9.48 Å². The second-order valence-corrected chi connectivity index (χ2v) is 3.83. The molecule has 90 valence electrons. The van der Waals surface area contributed by atoms with Gasteiger partial charge < -0.3 is 5.11 Å². The van der Waals surface area contributed by atoms with Gasteiger partial charge in [0.2, 0.25) is 5.91 Å². The van der Waals surface area contributed by atoms with Crippen molar-refractivity contribution in [3.8, 4) is 0 Å². The van der Waals surface area contributed by atoms with Crippen molar-refractivity contribution in [3.05, 3.63) is 18.0 Å². The van der Waals surface area contributed by atoms with E-state index < -0.39 is 5.97 Å². The van der Waals surface area contributed by atoms with Crippen molar-refractivity contribution in [1.29, 1.82) is 0 Å². The van der Waals surface area contributed by atoms with Crippen LogP contribution in [0.1, 0.15) is 18.4 Å². The fourth-order valence-electron chi connectivity index (χ4n) is 1.61. The zero-order chi connectivity index (χ0) is 12.4. The third kappa shape index (κ3) is 2.49. The molecule has 2 heterocycles. The molecule has 0 radical (unpaired) electrons. The first kappa shape index (κ1) is 11.3. The predicted molar refractivity (Wildman–Crippen MR) is 58.1 cm³/mol. The number of hydrogen-bond acceptors (Lipinski definition) is 4. The minimum absolute atomic E-state index is 0.0218. The molecule has 7 nitrogen and oxygen atoms in total. The quantitative estimate of drug-likeness (QED) is 0.799. The van der Waals surface area contributed by atoms with Gasteiger partial charge >= 0.3 is 5.97 Å². The van der Waals surface area contributed by atoms with Crippen LogP contribution in [0.15, 0.2) is 17.5 Å². The lowest BCUT2D eigenvalue weighted by Gasteiger charge is -2.21. The highest BCUT2D eigenvalue weighted by Crippen LogP contribution is 2.13. The molecule has 1 aliphatic heterocycles. The number of nitrogens with zero attached hydrogens (tertiary/aromatic N) is 4. The van der Waals surface area contributed by atoms with Crippen molar-refractivity contribution in [1.82, 2.24) is 14.8 Å². The van der Waals surface area contributed by atoms with E-state index >= 15 is 0 Å². The van der Waals surface area contributed by atoms with Crippen LogP contribution in [0.2, 0.25) is 0 Å². The average molecular weight is 236 g/mol. The molecule has 0 aliphatic carbocycles. The molecule has 0 fully saturated rings. The molecule has 0 bridgehead atoms. The van der Waals surface area contributed by atoms with Gasteiger partial charge in [-0.25, -0.2) is 9.80 Å². The molecule has 1 aromatic rings. The Labute approximate surface area is 97.3 Å². The van der Waals surface area contributed by atoms with Gasteiger partial charge in [-0.05, 0) is 0 Å². The molecular formula is C10H12N4O3. The van der Waals surface area contributed by atoms with E-state index in [1.165, 1.54) is 5.01 Å². The third-order valence-corrected chi connectivity index (χ3v) is 2.44. The van der Waals surface area contributed by atoms with Crippen LogP contribution in [-0.4, -0.2) is 37.5 Å². The first-order chi connectivity index (χ1) is 8.06. The average Bonchev–Trinajstić information content (AvgIpc) is 2.67. The molecule has 1 N–H and O–H groups in total. The lowest BCUT2D eigenvalue weighted by molar-refractivity contribution is -0.133. The third-order valence-electron chi connectivity index (χ3n) is 2.44. The summed E-state index contributed by atoms with van der Waals surface area (Å²) in [5.74, 6) is -1.24. The summed E-state index contributed by atoms with van der Waals surface area (Å²) in [7, 11) is 1.77. The van der Waals surface area contributed by atoms with Gasteiger partial charge in [-0.1, -0.05) is 0 Å². The van der Waals surface area contributed by atoms with E-state index in [9.17, 15) is 9.59 Å². The molecule has 17 heavy (non-hydrogen) atoms. The van der Waals surface area contributed by atoms with Crippen molar-refractivity contribution in [2.24, 2.45) is 12.1 Å². The standard InChI is InChI=1S/C10H12N4O3/c1-13-5-7(4-11-13)6-14-9(15)3-2-8(12-14)10(16)17/h4-5H,2-3,6H2,1H3,(H,16,17). The van der Waals surface area contributed by atoms with Crippen LogP contribution >= 0.6 is 0 Å². The maximum Gasteiger partial charge on any atom is 0.352 e. The zero-order valence-electron chi connectivity index (χ0n) is 9.33. The summed E-state index contributed by atoms with van der Waals surface area (Å²) in [6.45, 7) is 0.253. The molecule has 0 aromatic carbocycles. The molecule has 1 aliphatic rings. The SMILES string of the molecule is Cn1cc(CN2N=C(C(=O)O)CCC2=O)cn1. The summed E-state index contributed by atoms with van der Waals surface area (Å²) in [4.78, 5) is 22.4. The Hall–Kier alpha value is -2.18. The monoisotopic (exact) mass is 236 g/mol. The van der Waals surface area contributed by atoms with E-state index in [0.29, 0.717) is 0 Å². The van der Waals surface area contributed by atoms with Gasteiger partial charge in [0, 0.05) is 31.6 Å². The van der Waals surface area contributed by atoms with Crippen molar-refractivity contribution in [2.45, 2.75) is 19.4 Å². The molecule has 0 saturated heterocycles. The lowest BCUT2D eigenvalue weighted by atomic mass is 10.1. The van der Waals surface area contributed by atoms with E-state index in [1.807, 2.05) is 0 Å². The fourth-order valence-corrected chi connectivity index (χ4v) is 1.61. The van der Waals surface area contributed by atoms with E-state index in [4.69, 9.17) is 5.11 Å². The molecule has 1 aromatic heterocycles. The van der Waals surface area contributed by atoms with Gasteiger partial charge in [0.1, 0.15) is 5.71 Å². The molecular weight excluding hydrogens is 224 g/mol. The Morgan fingerprint density at radius 2 is 2.29 bits per heavy atom. The highest BCUT2D eigenvalue weighted by molar-refractivity contribution is 6.36. The zero-order valence-corrected chi connectivity index (χ0v) is 9.33. The number of carbonyl (C=O) groups is 2. The number of hydrazone groups is 1. The summed E-state index contributed by atoms with van der Waals surface area (Å²) >= 11 is 0. The van der Waals surface area contributed by atoms with Crippen LogP contribution in [0.5, 0.6) is 0 Å². The van der Waals surface area contributed by atoms with Gasteiger partial charge in [0.25, 0.3) is 0 Å². The first-order valence-electron chi connectivity index (χ1n) is 5.15. The van der Waals surface area contributed by atoms with Crippen LogP contribution in [0, 0.1) is 0 Å². The summed E-state index contributed by atoms with van der Waals surface area (Å²) < 4.78 is 1.62.